The molecular formula is C13H17NO6S. The van der Waals surface area contributed by atoms with E-state index >= 15 is 0 Å². The monoisotopic (exact) mass is 315 g/mol. The third-order valence-electron chi connectivity index (χ3n) is 3.09. The highest BCUT2D eigenvalue weighted by Crippen LogP contribution is 2.24. The van der Waals surface area contributed by atoms with E-state index in [1.807, 2.05) is 0 Å². The van der Waals surface area contributed by atoms with Crippen molar-refractivity contribution >= 4 is 22.0 Å². The molecule has 0 bridgehead atoms. The highest BCUT2D eigenvalue weighted by atomic mass is 32.2. The van der Waals surface area contributed by atoms with Crippen molar-refractivity contribution in [1.29, 1.82) is 0 Å². The summed E-state index contributed by atoms with van der Waals surface area (Å²) >= 11 is 0. The second-order valence-electron chi connectivity index (χ2n) is 4.56. The summed E-state index contributed by atoms with van der Waals surface area (Å²) in [6, 6.07) is 2.72. The Kier molecular flexibility index (Phi) is 5.08. The Morgan fingerprint density at radius 1 is 1.29 bits per heavy atom. The Labute approximate surface area is 123 Å². The second kappa shape index (κ2) is 6.23. The molecule has 1 aromatic carbocycles. The largest absolute Gasteiger partial charge is 0.480 e. The molecule has 0 aliphatic rings. The van der Waals surface area contributed by atoms with E-state index in [2.05, 4.69) is 4.74 Å². The fourth-order valence-electron chi connectivity index (χ4n) is 1.77. The number of likely N-dealkylation sites (N-methyl/N-ethyl adjacent to an activating group) is 1. The molecule has 8 heteroatoms. The maximum Gasteiger partial charge on any atom is 0.337 e. The molecule has 0 aromatic heterocycles. The molecule has 0 spiro atoms. The first-order valence-corrected chi connectivity index (χ1v) is 7.43. The van der Waals surface area contributed by atoms with Gasteiger partial charge < -0.3 is 9.84 Å². The molecule has 0 aliphatic carbocycles. The van der Waals surface area contributed by atoms with Gasteiger partial charge in [0.1, 0.15) is 6.54 Å². The smallest absolute Gasteiger partial charge is 0.337 e. The standard InChI is InChI=1S/C13H17NO6S/c1-8-5-10(13(17)20-4)6-11(9(8)2)21(18,19)14(3)7-12(15)16/h5-6H,7H2,1-4H3,(H,15,16). The highest BCUT2D eigenvalue weighted by molar-refractivity contribution is 7.89. The third kappa shape index (κ3) is 3.59. The van der Waals surface area contributed by atoms with Gasteiger partial charge in [0.2, 0.25) is 10.0 Å². The Bertz CT molecular complexity index is 680. The van der Waals surface area contributed by atoms with Gasteiger partial charge in [-0.05, 0) is 37.1 Å². The van der Waals surface area contributed by atoms with Crippen LogP contribution in [-0.2, 0) is 19.6 Å². The fraction of sp³-hybridized carbons (Fsp3) is 0.385. The number of hydrogen-bond donors (Lipinski definition) is 1. The van der Waals surface area contributed by atoms with E-state index < -0.39 is 28.5 Å². The van der Waals surface area contributed by atoms with E-state index in [4.69, 9.17) is 5.11 Å². The van der Waals surface area contributed by atoms with Gasteiger partial charge in [-0.15, -0.1) is 0 Å². The number of carbonyl (C=O) groups is 2. The molecular weight excluding hydrogens is 298 g/mol. The predicted octanol–water partition coefficient (Wildman–Crippen LogP) is 0.795. The number of benzene rings is 1. The first-order valence-electron chi connectivity index (χ1n) is 5.99. The van der Waals surface area contributed by atoms with Gasteiger partial charge in [-0.2, -0.15) is 4.31 Å². The number of carboxylic acids is 1. The fourth-order valence-corrected chi connectivity index (χ4v) is 3.21. The topological polar surface area (TPSA) is 101 Å². The van der Waals surface area contributed by atoms with Crippen LogP contribution in [0.4, 0.5) is 0 Å². The molecule has 0 atom stereocenters. The zero-order chi connectivity index (χ0) is 16.4. The lowest BCUT2D eigenvalue weighted by molar-refractivity contribution is -0.137. The van der Waals surface area contributed by atoms with Crippen molar-refractivity contribution in [2.75, 3.05) is 20.7 Å². The average Bonchev–Trinajstić information content (AvgIpc) is 2.39. The molecule has 0 heterocycles. The minimum Gasteiger partial charge on any atom is -0.480 e. The summed E-state index contributed by atoms with van der Waals surface area (Å²) in [5, 5.41) is 8.72. The van der Waals surface area contributed by atoms with Crippen molar-refractivity contribution in [3.8, 4) is 0 Å². The number of aryl methyl sites for hydroxylation is 1. The van der Waals surface area contributed by atoms with Crippen LogP contribution in [0.25, 0.3) is 0 Å². The maximum absolute atomic E-state index is 12.4. The molecule has 1 rings (SSSR count). The number of nitrogens with zero attached hydrogens (tertiary/aromatic N) is 1. The van der Waals surface area contributed by atoms with Gasteiger partial charge in [-0.25, -0.2) is 13.2 Å². The van der Waals surface area contributed by atoms with Crippen molar-refractivity contribution in [1.82, 2.24) is 4.31 Å². The van der Waals surface area contributed by atoms with E-state index in [-0.39, 0.29) is 10.5 Å². The summed E-state index contributed by atoms with van der Waals surface area (Å²) in [7, 11) is -1.64. The summed E-state index contributed by atoms with van der Waals surface area (Å²) in [4.78, 5) is 22.2. The van der Waals surface area contributed by atoms with Crippen molar-refractivity contribution in [3.05, 3.63) is 28.8 Å². The summed E-state index contributed by atoms with van der Waals surface area (Å²) in [6.07, 6.45) is 0. The van der Waals surface area contributed by atoms with Crippen molar-refractivity contribution in [2.45, 2.75) is 18.7 Å². The Morgan fingerprint density at radius 2 is 1.86 bits per heavy atom. The first kappa shape index (κ1) is 17.1. The van der Waals surface area contributed by atoms with Gasteiger partial charge >= 0.3 is 11.9 Å². The van der Waals surface area contributed by atoms with Crippen LogP contribution in [0, 0.1) is 13.8 Å². The van der Waals surface area contributed by atoms with Crippen LogP contribution in [0.2, 0.25) is 0 Å². The van der Waals surface area contributed by atoms with Gasteiger partial charge in [0.15, 0.2) is 0 Å². The minimum atomic E-state index is -4.01. The van der Waals surface area contributed by atoms with E-state index in [0.29, 0.717) is 11.1 Å². The molecule has 0 saturated heterocycles. The lowest BCUT2D eigenvalue weighted by Crippen LogP contribution is -2.32. The number of esters is 1. The molecule has 0 fully saturated rings. The zero-order valence-electron chi connectivity index (χ0n) is 12.2. The maximum atomic E-state index is 12.4. The van der Waals surface area contributed by atoms with Crippen LogP contribution >= 0.6 is 0 Å². The van der Waals surface area contributed by atoms with E-state index in [1.54, 1.807) is 13.8 Å². The number of hydrogen-bond acceptors (Lipinski definition) is 5. The lowest BCUT2D eigenvalue weighted by Gasteiger charge is -2.18. The van der Waals surface area contributed by atoms with Crippen molar-refractivity contribution < 1.29 is 27.9 Å². The van der Waals surface area contributed by atoms with E-state index in [1.165, 1.54) is 26.3 Å². The molecule has 0 saturated carbocycles. The number of carboxylic acid groups (broad SMARTS) is 1. The minimum absolute atomic E-state index is 0.0999. The molecule has 21 heavy (non-hydrogen) atoms. The predicted molar refractivity (Wildman–Crippen MR) is 74.7 cm³/mol. The number of rotatable bonds is 5. The van der Waals surface area contributed by atoms with Crippen LogP contribution in [0.1, 0.15) is 21.5 Å². The highest BCUT2D eigenvalue weighted by Gasteiger charge is 2.26. The van der Waals surface area contributed by atoms with Gasteiger partial charge in [-0.3, -0.25) is 4.79 Å². The van der Waals surface area contributed by atoms with Gasteiger partial charge in [0.05, 0.1) is 17.6 Å². The van der Waals surface area contributed by atoms with Crippen LogP contribution < -0.4 is 0 Å². The summed E-state index contributed by atoms with van der Waals surface area (Å²) in [5.41, 5.74) is 1.16. The molecule has 7 nitrogen and oxygen atoms in total. The van der Waals surface area contributed by atoms with E-state index in [0.717, 1.165) is 4.31 Å². The summed E-state index contributed by atoms with van der Waals surface area (Å²) in [6.45, 7) is 2.60. The average molecular weight is 315 g/mol. The van der Waals surface area contributed by atoms with Gasteiger partial charge in [0, 0.05) is 7.05 Å². The van der Waals surface area contributed by atoms with Crippen LogP contribution in [0.3, 0.4) is 0 Å². The lowest BCUT2D eigenvalue weighted by atomic mass is 10.1. The molecule has 0 radical (unpaired) electrons. The zero-order valence-corrected chi connectivity index (χ0v) is 13.0. The van der Waals surface area contributed by atoms with Crippen LogP contribution in [0.5, 0.6) is 0 Å². The van der Waals surface area contributed by atoms with E-state index in [9.17, 15) is 18.0 Å². The number of aliphatic carboxylic acids is 1. The first-order chi connectivity index (χ1) is 9.61. The second-order valence-corrected chi connectivity index (χ2v) is 6.58. The quantitative estimate of drug-likeness (QED) is 0.806. The molecule has 0 amide bonds. The van der Waals surface area contributed by atoms with Gasteiger partial charge in [0.25, 0.3) is 0 Å². The van der Waals surface area contributed by atoms with Crippen LogP contribution in [0.15, 0.2) is 17.0 Å². The number of methoxy groups -OCH3 is 1. The number of carbonyl (C=O) groups excluding carboxylic acids is 1. The van der Waals surface area contributed by atoms with Crippen LogP contribution in [-0.4, -0.2) is 50.5 Å². The number of ether oxygens (including phenoxy) is 1. The normalized spacial score (nSPS) is 11.5. The van der Waals surface area contributed by atoms with Gasteiger partial charge in [-0.1, -0.05) is 0 Å². The molecule has 1 aromatic rings. The molecule has 0 unspecified atom stereocenters. The Balaban J connectivity index is 3.44. The Hall–Kier alpha value is -1.93. The molecule has 0 aliphatic heterocycles. The molecule has 1 N–H and O–H groups in total. The van der Waals surface area contributed by atoms with Crippen molar-refractivity contribution in [2.24, 2.45) is 0 Å². The van der Waals surface area contributed by atoms with Crippen molar-refractivity contribution in [3.63, 3.8) is 0 Å². The molecule has 116 valence electrons. The SMILES string of the molecule is COC(=O)c1cc(C)c(C)c(S(=O)(=O)N(C)CC(=O)O)c1. The third-order valence-corrected chi connectivity index (χ3v) is 5.02. The summed E-state index contributed by atoms with van der Waals surface area (Å²) < 4.78 is 30.1. The number of sulfonamides is 1. The summed E-state index contributed by atoms with van der Waals surface area (Å²) in [5.74, 6) is -1.92. The Morgan fingerprint density at radius 3 is 2.33 bits per heavy atom.